The van der Waals surface area contributed by atoms with Gasteiger partial charge < -0.3 is 9.32 Å². The normalized spacial score (nSPS) is 13.9. The van der Waals surface area contributed by atoms with Crippen molar-refractivity contribution >= 4 is 17.7 Å². The number of aldehydes is 1. The molecule has 1 saturated carbocycles. The third kappa shape index (κ3) is 2.79. The van der Waals surface area contributed by atoms with Gasteiger partial charge in [0.2, 0.25) is 0 Å². The molecule has 0 amide bonds. The van der Waals surface area contributed by atoms with Crippen molar-refractivity contribution in [2.24, 2.45) is 0 Å². The summed E-state index contributed by atoms with van der Waals surface area (Å²) in [6, 6.07) is 8.44. The second kappa shape index (κ2) is 5.40. The zero-order valence-corrected chi connectivity index (χ0v) is 11.3. The standard InChI is InChI=1S/C15H14N2O4/c18-10-11-8-13(17(19)20)5-6-15(11)16(12-3-4-12)9-14-2-1-7-21-14/h1-2,5-8,10,12H,3-4,9H2. The first-order valence-corrected chi connectivity index (χ1v) is 6.71. The van der Waals surface area contributed by atoms with Crippen LogP contribution in [0.4, 0.5) is 11.4 Å². The number of carbonyl (C=O) groups is 1. The van der Waals surface area contributed by atoms with E-state index in [1.807, 2.05) is 12.1 Å². The Morgan fingerprint density at radius 3 is 2.76 bits per heavy atom. The molecule has 6 nitrogen and oxygen atoms in total. The number of nitro groups is 1. The van der Waals surface area contributed by atoms with Crippen LogP contribution in [0.1, 0.15) is 29.0 Å². The molecule has 108 valence electrons. The van der Waals surface area contributed by atoms with Crippen LogP contribution in [0.3, 0.4) is 0 Å². The predicted molar refractivity (Wildman–Crippen MR) is 76.4 cm³/mol. The van der Waals surface area contributed by atoms with Gasteiger partial charge in [-0.25, -0.2) is 0 Å². The minimum Gasteiger partial charge on any atom is -0.467 e. The third-order valence-corrected chi connectivity index (χ3v) is 3.55. The molecule has 0 aliphatic heterocycles. The quantitative estimate of drug-likeness (QED) is 0.463. The maximum atomic E-state index is 11.3. The van der Waals surface area contributed by atoms with Crippen molar-refractivity contribution in [2.45, 2.75) is 25.4 Å². The van der Waals surface area contributed by atoms with E-state index < -0.39 is 4.92 Å². The average Bonchev–Trinajstić information content (AvgIpc) is 3.21. The molecular formula is C15H14N2O4. The molecule has 0 N–H and O–H groups in total. The zero-order chi connectivity index (χ0) is 14.8. The van der Waals surface area contributed by atoms with Crippen LogP contribution in [-0.2, 0) is 6.54 Å². The average molecular weight is 286 g/mol. The first-order chi connectivity index (χ1) is 10.2. The Bertz CT molecular complexity index is 662. The summed E-state index contributed by atoms with van der Waals surface area (Å²) in [6.45, 7) is 0.552. The molecular weight excluding hydrogens is 272 g/mol. The van der Waals surface area contributed by atoms with Gasteiger partial charge in [0.1, 0.15) is 5.76 Å². The van der Waals surface area contributed by atoms with Gasteiger partial charge in [0.05, 0.1) is 17.7 Å². The number of furan rings is 1. The Labute approximate surface area is 121 Å². The van der Waals surface area contributed by atoms with Gasteiger partial charge in [-0.3, -0.25) is 14.9 Å². The van der Waals surface area contributed by atoms with Crippen molar-refractivity contribution in [3.63, 3.8) is 0 Å². The molecule has 6 heteroatoms. The summed E-state index contributed by atoms with van der Waals surface area (Å²) in [4.78, 5) is 23.7. The third-order valence-electron chi connectivity index (χ3n) is 3.55. The lowest BCUT2D eigenvalue weighted by atomic mass is 10.1. The SMILES string of the molecule is O=Cc1cc([N+](=O)[O-])ccc1N(Cc1ccco1)C1CC1. The summed E-state index contributed by atoms with van der Waals surface area (Å²) in [5.41, 5.74) is 0.978. The van der Waals surface area contributed by atoms with Gasteiger partial charge in [0.25, 0.3) is 5.69 Å². The Kier molecular flexibility index (Phi) is 3.43. The summed E-state index contributed by atoms with van der Waals surface area (Å²) in [6.07, 6.45) is 4.38. The number of nitro benzene ring substituents is 1. The maximum absolute atomic E-state index is 11.3. The Hall–Kier alpha value is -2.63. The Morgan fingerprint density at radius 2 is 2.19 bits per heavy atom. The van der Waals surface area contributed by atoms with Crippen molar-refractivity contribution in [3.8, 4) is 0 Å². The van der Waals surface area contributed by atoms with Gasteiger partial charge >= 0.3 is 0 Å². The summed E-state index contributed by atoms with van der Waals surface area (Å²) in [5, 5.41) is 10.8. The van der Waals surface area contributed by atoms with E-state index in [4.69, 9.17) is 4.42 Å². The highest BCUT2D eigenvalue weighted by atomic mass is 16.6. The van der Waals surface area contributed by atoms with E-state index >= 15 is 0 Å². The molecule has 1 fully saturated rings. The van der Waals surface area contributed by atoms with E-state index in [-0.39, 0.29) is 5.69 Å². The van der Waals surface area contributed by atoms with Crippen molar-refractivity contribution in [2.75, 3.05) is 4.90 Å². The summed E-state index contributed by atoms with van der Waals surface area (Å²) in [7, 11) is 0. The number of hydrogen-bond acceptors (Lipinski definition) is 5. The minimum absolute atomic E-state index is 0.0744. The van der Waals surface area contributed by atoms with E-state index in [2.05, 4.69) is 4.90 Å². The fourth-order valence-corrected chi connectivity index (χ4v) is 2.38. The smallest absolute Gasteiger partial charge is 0.270 e. The molecule has 0 spiro atoms. The Balaban J connectivity index is 1.95. The van der Waals surface area contributed by atoms with Crippen LogP contribution in [0.5, 0.6) is 0 Å². The van der Waals surface area contributed by atoms with Gasteiger partial charge in [-0.05, 0) is 31.0 Å². The highest BCUT2D eigenvalue weighted by Crippen LogP contribution is 2.35. The zero-order valence-electron chi connectivity index (χ0n) is 11.3. The summed E-state index contributed by atoms with van der Waals surface area (Å²) >= 11 is 0. The predicted octanol–water partition coefficient (Wildman–Crippen LogP) is 3.17. The number of hydrogen-bond donors (Lipinski definition) is 0. The highest BCUT2D eigenvalue weighted by Gasteiger charge is 2.31. The summed E-state index contributed by atoms with van der Waals surface area (Å²) < 4.78 is 5.36. The monoisotopic (exact) mass is 286 g/mol. The number of rotatable bonds is 6. The number of non-ortho nitro benzene ring substituents is 1. The van der Waals surface area contributed by atoms with Crippen molar-refractivity contribution in [1.82, 2.24) is 0 Å². The maximum Gasteiger partial charge on any atom is 0.270 e. The van der Waals surface area contributed by atoms with Crippen LogP contribution in [0.15, 0.2) is 41.0 Å². The molecule has 0 unspecified atom stereocenters. The molecule has 21 heavy (non-hydrogen) atoms. The molecule has 0 radical (unpaired) electrons. The molecule has 1 aromatic carbocycles. The second-order valence-corrected chi connectivity index (χ2v) is 5.06. The molecule has 1 aliphatic rings. The largest absolute Gasteiger partial charge is 0.467 e. The molecule has 1 aliphatic carbocycles. The number of nitrogens with zero attached hydrogens (tertiary/aromatic N) is 2. The van der Waals surface area contributed by atoms with Gasteiger partial charge in [-0.15, -0.1) is 0 Å². The van der Waals surface area contributed by atoms with E-state index in [0.29, 0.717) is 24.4 Å². The molecule has 1 heterocycles. The minimum atomic E-state index is -0.495. The molecule has 0 atom stereocenters. The number of benzene rings is 1. The van der Waals surface area contributed by atoms with Crippen LogP contribution >= 0.6 is 0 Å². The van der Waals surface area contributed by atoms with Crippen molar-refractivity contribution in [3.05, 3.63) is 58.0 Å². The van der Waals surface area contributed by atoms with E-state index in [1.165, 1.54) is 12.1 Å². The van der Waals surface area contributed by atoms with Crippen molar-refractivity contribution in [1.29, 1.82) is 0 Å². The van der Waals surface area contributed by atoms with Gasteiger partial charge in [-0.1, -0.05) is 0 Å². The van der Waals surface area contributed by atoms with Gasteiger partial charge in [-0.2, -0.15) is 0 Å². The fraction of sp³-hybridized carbons (Fsp3) is 0.267. The molecule has 0 saturated heterocycles. The fourth-order valence-electron chi connectivity index (χ4n) is 2.38. The van der Waals surface area contributed by atoms with E-state index in [1.54, 1.807) is 12.3 Å². The lowest BCUT2D eigenvalue weighted by molar-refractivity contribution is -0.384. The lowest BCUT2D eigenvalue weighted by Crippen LogP contribution is -2.25. The van der Waals surface area contributed by atoms with E-state index in [0.717, 1.165) is 24.3 Å². The van der Waals surface area contributed by atoms with E-state index in [9.17, 15) is 14.9 Å². The first-order valence-electron chi connectivity index (χ1n) is 6.71. The lowest BCUT2D eigenvalue weighted by Gasteiger charge is -2.24. The topological polar surface area (TPSA) is 76.6 Å². The number of anilines is 1. The summed E-state index contributed by atoms with van der Waals surface area (Å²) in [5.74, 6) is 0.803. The van der Waals surface area contributed by atoms with Crippen LogP contribution in [0, 0.1) is 10.1 Å². The van der Waals surface area contributed by atoms with Crippen LogP contribution in [0.2, 0.25) is 0 Å². The van der Waals surface area contributed by atoms with Gasteiger partial charge in [0, 0.05) is 29.4 Å². The Morgan fingerprint density at radius 1 is 1.38 bits per heavy atom. The second-order valence-electron chi connectivity index (χ2n) is 5.06. The molecule has 2 aromatic rings. The number of carbonyl (C=O) groups excluding carboxylic acids is 1. The molecule has 0 bridgehead atoms. The van der Waals surface area contributed by atoms with Gasteiger partial charge in [0.15, 0.2) is 6.29 Å². The first kappa shape index (κ1) is 13.4. The highest BCUT2D eigenvalue weighted by molar-refractivity contribution is 5.86. The van der Waals surface area contributed by atoms with Crippen LogP contribution < -0.4 is 4.90 Å². The van der Waals surface area contributed by atoms with Crippen LogP contribution in [0.25, 0.3) is 0 Å². The van der Waals surface area contributed by atoms with Crippen molar-refractivity contribution < 1.29 is 14.1 Å². The molecule has 3 rings (SSSR count). The van der Waals surface area contributed by atoms with Crippen LogP contribution in [-0.4, -0.2) is 17.3 Å². The molecule has 1 aromatic heterocycles.